The third-order valence-corrected chi connectivity index (χ3v) is 5.26. The van der Waals surface area contributed by atoms with Crippen molar-refractivity contribution >= 4 is 12.0 Å². The number of ether oxygens (including phenoxy) is 1. The number of aliphatic hydroxyl groups is 1. The van der Waals surface area contributed by atoms with Gasteiger partial charge in [-0.3, -0.25) is 9.89 Å². The lowest BCUT2D eigenvalue weighted by molar-refractivity contribution is 0.0609. The molecule has 8 heteroatoms. The van der Waals surface area contributed by atoms with Crippen molar-refractivity contribution in [1.29, 1.82) is 0 Å². The molecule has 0 unspecified atom stereocenters. The van der Waals surface area contributed by atoms with Crippen molar-refractivity contribution in [3.8, 4) is 0 Å². The maximum Gasteiger partial charge on any atom is 0.410 e. The predicted octanol–water partition coefficient (Wildman–Crippen LogP) is 1.30. The number of fused-ring (bicyclic) bond motifs is 1. The second-order valence-electron chi connectivity index (χ2n) is 6.92. The number of aromatic amines is 1. The van der Waals surface area contributed by atoms with Gasteiger partial charge in [-0.25, -0.2) is 4.79 Å². The second-order valence-corrected chi connectivity index (χ2v) is 6.92. The van der Waals surface area contributed by atoms with Crippen molar-refractivity contribution in [1.82, 2.24) is 20.0 Å². The van der Waals surface area contributed by atoms with Gasteiger partial charge in [-0.2, -0.15) is 5.10 Å². The molecule has 138 valence electrons. The van der Waals surface area contributed by atoms with Crippen LogP contribution in [0.15, 0.2) is 0 Å². The van der Waals surface area contributed by atoms with E-state index < -0.39 is 5.54 Å². The summed E-state index contributed by atoms with van der Waals surface area (Å²) in [6.07, 6.45) is 3.68. The highest BCUT2D eigenvalue weighted by atomic mass is 16.6. The molecule has 2 aliphatic rings. The topological polar surface area (TPSA) is 98.8 Å². The predicted molar refractivity (Wildman–Crippen MR) is 90.1 cm³/mol. The minimum atomic E-state index is -0.448. The van der Waals surface area contributed by atoms with E-state index in [4.69, 9.17) is 4.74 Å². The van der Waals surface area contributed by atoms with Crippen LogP contribution in [0.2, 0.25) is 0 Å². The molecule has 2 heterocycles. The van der Waals surface area contributed by atoms with Crippen molar-refractivity contribution in [2.24, 2.45) is 0 Å². The molecule has 0 atom stereocenters. The zero-order valence-corrected chi connectivity index (χ0v) is 14.9. The first kappa shape index (κ1) is 17.7. The Morgan fingerprint density at radius 1 is 1.44 bits per heavy atom. The Bertz CT molecular complexity index is 653. The average Bonchev–Trinajstić information content (AvgIpc) is 3.32. The fourth-order valence-corrected chi connectivity index (χ4v) is 3.14. The summed E-state index contributed by atoms with van der Waals surface area (Å²) in [5.41, 5.74) is 1.53. The number of nitrogens with zero attached hydrogens (tertiary/aromatic N) is 3. The molecule has 1 aliphatic carbocycles. The van der Waals surface area contributed by atoms with Crippen LogP contribution in [0.4, 0.5) is 4.79 Å². The summed E-state index contributed by atoms with van der Waals surface area (Å²) in [4.78, 5) is 28.2. The molecule has 1 aliphatic heterocycles. The first-order valence-electron chi connectivity index (χ1n) is 8.89. The van der Waals surface area contributed by atoms with Crippen molar-refractivity contribution in [3.05, 3.63) is 17.0 Å². The Hall–Kier alpha value is -2.09. The molecule has 0 bridgehead atoms. The number of nitrogens with one attached hydrogen (secondary N) is 1. The number of carbonyl (C=O) groups is 2. The fourth-order valence-electron chi connectivity index (χ4n) is 3.14. The van der Waals surface area contributed by atoms with Crippen molar-refractivity contribution in [2.45, 2.75) is 51.1 Å². The maximum atomic E-state index is 12.8. The molecular formula is C17H26N4O4. The summed E-state index contributed by atoms with van der Waals surface area (Å²) in [5, 5.41) is 16.6. The number of unbranched alkanes of at least 4 members (excludes halogenated alkanes) is 1. The average molecular weight is 350 g/mol. The number of H-pyrrole nitrogens is 1. The second kappa shape index (κ2) is 7.03. The summed E-state index contributed by atoms with van der Waals surface area (Å²) in [5.74, 6) is -0.217. The van der Waals surface area contributed by atoms with Gasteiger partial charge in [-0.05, 0) is 19.3 Å². The highest BCUT2D eigenvalue weighted by Gasteiger charge is 2.49. The highest BCUT2D eigenvalue weighted by Crippen LogP contribution is 2.41. The third kappa shape index (κ3) is 3.35. The summed E-state index contributed by atoms with van der Waals surface area (Å²) in [6, 6.07) is 0. The van der Waals surface area contributed by atoms with Gasteiger partial charge in [0.15, 0.2) is 5.69 Å². The Balaban J connectivity index is 1.71. The number of rotatable bonds is 6. The van der Waals surface area contributed by atoms with E-state index in [9.17, 15) is 14.7 Å². The molecule has 2 N–H and O–H groups in total. The van der Waals surface area contributed by atoms with Crippen LogP contribution >= 0.6 is 0 Å². The van der Waals surface area contributed by atoms with E-state index in [0.29, 0.717) is 31.8 Å². The van der Waals surface area contributed by atoms with Crippen LogP contribution in [0.5, 0.6) is 0 Å². The van der Waals surface area contributed by atoms with Gasteiger partial charge in [-0.1, -0.05) is 13.3 Å². The summed E-state index contributed by atoms with van der Waals surface area (Å²) >= 11 is 0. The van der Waals surface area contributed by atoms with Crippen molar-refractivity contribution < 1.29 is 19.4 Å². The molecule has 0 radical (unpaired) electrons. The number of likely N-dealkylation sites (N-methyl/N-ethyl adjacent to an activating group) is 1. The molecule has 0 aromatic carbocycles. The lowest BCUT2D eigenvalue weighted by atomic mass is 10.0. The molecule has 1 aromatic rings. The van der Waals surface area contributed by atoms with Gasteiger partial charge in [0.2, 0.25) is 0 Å². The molecule has 1 fully saturated rings. The van der Waals surface area contributed by atoms with Crippen LogP contribution in [0.1, 0.15) is 54.4 Å². The number of amides is 2. The first-order chi connectivity index (χ1) is 12.0. The number of hydrogen-bond acceptors (Lipinski definition) is 5. The van der Waals surface area contributed by atoms with Gasteiger partial charge in [-0.15, -0.1) is 0 Å². The highest BCUT2D eigenvalue weighted by molar-refractivity contribution is 5.94. The van der Waals surface area contributed by atoms with E-state index in [-0.39, 0.29) is 18.6 Å². The van der Waals surface area contributed by atoms with E-state index in [0.717, 1.165) is 36.9 Å². The van der Waals surface area contributed by atoms with Gasteiger partial charge in [0, 0.05) is 31.3 Å². The molecule has 0 spiro atoms. The zero-order valence-electron chi connectivity index (χ0n) is 14.9. The number of aliphatic hydroxyl groups excluding tert-OH is 1. The van der Waals surface area contributed by atoms with Crippen LogP contribution in [-0.2, 0) is 17.7 Å². The van der Waals surface area contributed by atoms with Gasteiger partial charge in [0.1, 0.15) is 0 Å². The van der Waals surface area contributed by atoms with Crippen molar-refractivity contribution in [3.63, 3.8) is 0 Å². The van der Waals surface area contributed by atoms with E-state index in [2.05, 4.69) is 10.2 Å². The lowest BCUT2D eigenvalue weighted by Gasteiger charge is -2.28. The molecule has 0 saturated heterocycles. The normalized spacial score (nSPS) is 17.8. The van der Waals surface area contributed by atoms with E-state index in [1.165, 1.54) is 0 Å². The molecule has 1 saturated carbocycles. The minimum Gasteiger partial charge on any atom is -0.449 e. The molecule has 3 rings (SSSR count). The Morgan fingerprint density at radius 3 is 2.84 bits per heavy atom. The molecule has 1 aromatic heterocycles. The Morgan fingerprint density at radius 2 is 2.20 bits per heavy atom. The molecule has 8 nitrogen and oxygen atoms in total. The SMILES string of the molecule is CCCCOC(=O)N1CCc2[nH]nc(C(=O)N(C)C3(CO)CC3)c2C1. The quantitative estimate of drug-likeness (QED) is 0.754. The molecule has 2 amide bonds. The maximum absolute atomic E-state index is 12.8. The number of aromatic nitrogens is 2. The van der Waals surface area contributed by atoms with Crippen LogP contribution in [0, 0.1) is 0 Å². The minimum absolute atomic E-state index is 0.0439. The van der Waals surface area contributed by atoms with E-state index in [1.807, 2.05) is 6.92 Å². The number of hydrogen-bond donors (Lipinski definition) is 2. The van der Waals surface area contributed by atoms with Crippen molar-refractivity contribution in [2.75, 3.05) is 26.8 Å². The summed E-state index contributed by atoms with van der Waals surface area (Å²) in [7, 11) is 1.70. The number of carbonyl (C=O) groups excluding carboxylic acids is 2. The Kier molecular flexibility index (Phi) is 4.99. The zero-order chi connectivity index (χ0) is 18.0. The van der Waals surface area contributed by atoms with E-state index >= 15 is 0 Å². The van der Waals surface area contributed by atoms with Gasteiger partial charge in [0.05, 0.1) is 25.3 Å². The van der Waals surface area contributed by atoms with Crippen LogP contribution in [-0.4, -0.2) is 69.4 Å². The largest absolute Gasteiger partial charge is 0.449 e. The smallest absolute Gasteiger partial charge is 0.410 e. The van der Waals surface area contributed by atoms with Crippen LogP contribution < -0.4 is 0 Å². The van der Waals surface area contributed by atoms with Crippen LogP contribution in [0.25, 0.3) is 0 Å². The Labute approximate surface area is 147 Å². The van der Waals surface area contributed by atoms with E-state index in [1.54, 1.807) is 16.8 Å². The molecular weight excluding hydrogens is 324 g/mol. The molecule has 25 heavy (non-hydrogen) atoms. The third-order valence-electron chi connectivity index (χ3n) is 5.26. The van der Waals surface area contributed by atoms with Gasteiger partial charge < -0.3 is 19.6 Å². The van der Waals surface area contributed by atoms with Gasteiger partial charge in [0.25, 0.3) is 5.91 Å². The summed E-state index contributed by atoms with van der Waals surface area (Å²) < 4.78 is 5.27. The summed E-state index contributed by atoms with van der Waals surface area (Å²) in [6.45, 7) is 3.28. The first-order valence-corrected chi connectivity index (χ1v) is 8.89. The standard InChI is InChI=1S/C17H26N4O4/c1-3-4-9-25-16(24)21-8-5-13-12(10-21)14(19-18-13)15(23)20(2)17(11-22)6-7-17/h22H,3-11H2,1-2H3,(H,18,19). The monoisotopic (exact) mass is 350 g/mol. The fraction of sp³-hybridized carbons (Fsp3) is 0.706. The van der Waals surface area contributed by atoms with Crippen LogP contribution in [0.3, 0.4) is 0 Å². The van der Waals surface area contributed by atoms with Gasteiger partial charge >= 0.3 is 6.09 Å². The lowest BCUT2D eigenvalue weighted by Crippen LogP contribution is -2.42.